The van der Waals surface area contributed by atoms with Crippen LogP contribution in [0.15, 0.2) is 65.8 Å². The standard InChI is InChI=1S/C21H18FN3O3S/c1-14-4-6-17(22)11-20(14)29(27,28)24-18-7-5-15-8-10-25(19(15)12-18)21(26)16-3-2-9-23-13-16/h2-7,9,11-13,24H,8,10H2,1H3. The Balaban J connectivity index is 1.65. The lowest BCUT2D eigenvalue weighted by Crippen LogP contribution is -2.29. The van der Waals surface area contributed by atoms with Crippen LogP contribution >= 0.6 is 0 Å². The molecule has 1 aromatic heterocycles. The lowest BCUT2D eigenvalue weighted by molar-refractivity contribution is 0.0989. The first-order chi connectivity index (χ1) is 13.8. The Morgan fingerprint density at radius 2 is 2.00 bits per heavy atom. The summed E-state index contributed by atoms with van der Waals surface area (Å²) in [5.74, 6) is -0.823. The Labute approximate surface area is 168 Å². The highest BCUT2D eigenvalue weighted by Crippen LogP contribution is 2.33. The maximum Gasteiger partial charge on any atom is 0.262 e. The van der Waals surface area contributed by atoms with Gasteiger partial charge in [0.05, 0.1) is 16.1 Å². The van der Waals surface area contributed by atoms with E-state index >= 15 is 0 Å². The van der Waals surface area contributed by atoms with Crippen LogP contribution in [0.25, 0.3) is 0 Å². The Kier molecular flexibility index (Phi) is 4.79. The Hall–Kier alpha value is -3.26. The fourth-order valence-electron chi connectivity index (χ4n) is 3.37. The molecule has 1 aliphatic rings. The zero-order valence-corrected chi connectivity index (χ0v) is 16.4. The summed E-state index contributed by atoms with van der Waals surface area (Å²) in [6.07, 6.45) is 3.77. The van der Waals surface area contributed by atoms with Crippen LogP contribution in [0.3, 0.4) is 0 Å². The van der Waals surface area contributed by atoms with Crippen molar-refractivity contribution in [1.29, 1.82) is 0 Å². The molecule has 0 saturated carbocycles. The van der Waals surface area contributed by atoms with E-state index in [9.17, 15) is 17.6 Å². The van der Waals surface area contributed by atoms with E-state index in [4.69, 9.17) is 0 Å². The predicted octanol–water partition coefficient (Wildman–Crippen LogP) is 3.53. The van der Waals surface area contributed by atoms with Crippen molar-refractivity contribution in [3.63, 3.8) is 0 Å². The van der Waals surface area contributed by atoms with Gasteiger partial charge in [-0.1, -0.05) is 12.1 Å². The summed E-state index contributed by atoms with van der Waals surface area (Å²) in [6.45, 7) is 2.10. The van der Waals surface area contributed by atoms with Gasteiger partial charge in [0.2, 0.25) is 0 Å². The van der Waals surface area contributed by atoms with Gasteiger partial charge in [0.25, 0.3) is 15.9 Å². The highest BCUT2D eigenvalue weighted by Gasteiger charge is 2.27. The average Bonchev–Trinajstić information content (AvgIpc) is 3.12. The minimum atomic E-state index is -3.98. The third-order valence-electron chi connectivity index (χ3n) is 4.83. The van der Waals surface area contributed by atoms with E-state index in [-0.39, 0.29) is 10.8 Å². The van der Waals surface area contributed by atoms with Crippen LogP contribution in [0.1, 0.15) is 21.5 Å². The van der Waals surface area contributed by atoms with Crippen LogP contribution < -0.4 is 9.62 Å². The minimum Gasteiger partial charge on any atom is -0.308 e. The molecule has 0 aliphatic carbocycles. The number of aromatic nitrogens is 1. The van der Waals surface area contributed by atoms with Crippen molar-refractivity contribution in [3.8, 4) is 0 Å². The van der Waals surface area contributed by atoms with Crippen LogP contribution in [0.2, 0.25) is 0 Å². The van der Waals surface area contributed by atoms with E-state index in [0.29, 0.717) is 35.5 Å². The summed E-state index contributed by atoms with van der Waals surface area (Å²) in [5, 5.41) is 0. The van der Waals surface area contributed by atoms with Gasteiger partial charge in [-0.2, -0.15) is 0 Å². The molecule has 29 heavy (non-hydrogen) atoms. The number of hydrogen-bond acceptors (Lipinski definition) is 4. The van der Waals surface area contributed by atoms with Gasteiger partial charge in [-0.25, -0.2) is 12.8 Å². The Morgan fingerprint density at radius 1 is 1.17 bits per heavy atom. The number of nitrogens with one attached hydrogen (secondary N) is 1. The van der Waals surface area contributed by atoms with Crippen LogP contribution in [0, 0.1) is 12.7 Å². The molecule has 0 radical (unpaired) electrons. The number of hydrogen-bond donors (Lipinski definition) is 1. The Morgan fingerprint density at radius 3 is 2.76 bits per heavy atom. The number of rotatable bonds is 4. The molecule has 2 aromatic carbocycles. The summed E-state index contributed by atoms with van der Waals surface area (Å²) in [6, 6.07) is 12.1. The van der Waals surface area contributed by atoms with Gasteiger partial charge in [0.1, 0.15) is 5.82 Å². The van der Waals surface area contributed by atoms with Crippen molar-refractivity contribution >= 4 is 27.3 Å². The van der Waals surface area contributed by atoms with E-state index in [2.05, 4.69) is 9.71 Å². The topological polar surface area (TPSA) is 79.4 Å². The smallest absolute Gasteiger partial charge is 0.262 e. The molecule has 148 valence electrons. The second-order valence-electron chi connectivity index (χ2n) is 6.81. The highest BCUT2D eigenvalue weighted by atomic mass is 32.2. The highest BCUT2D eigenvalue weighted by molar-refractivity contribution is 7.92. The van der Waals surface area contributed by atoms with Crippen LogP contribution in [0.5, 0.6) is 0 Å². The van der Waals surface area contributed by atoms with Gasteiger partial charge in [0, 0.05) is 24.6 Å². The number of anilines is 2. The summed E-state index contributed by atoms with van der Waals surface area (Å²) in [5.41, 5.74) is 2.80. The molecule has 1 aliphatic heterocycles. The molecule has 4 rings (SSSR count). The minimum absolute atomic E-state index is 0.124. The first-order valence-electron chi connectivity index (χ1n) is 8.99. The first kappa shape index (κ1) is 19.1. The zero-order chi connectivity index (χ0) is 20.6. The molecule has 8 heteroatoms. The largest absolute Gasteiger partial charge is 0.308 e. The van der Waals surface area contributed by atoms with Crippen molar-refractivity contribution in [1.82, 2.24) is 4.98 Å². The molecule has 2 heterocycles. The summed E-state index contributed by atoms with van der Waals surface area (Å²) < 4.78 is 41.5. The predicted molar refractivity (Wildman–Crippen MR) is 108 cm³/mol. The monoisotopic (exact) mass is 411 g/mol. The van der Waals surface area contributed by atoms with Crippen molar-refractivity contribution in [3.05, 3.63) is 83.4 Å². The van der Waals surface area contributed by atoms with Gasteiger partial charge < -0.3 is 4.90 Å². The van der Waals surface area contributed by atoms with Gasteiger partial charge >= 0.3 is 0 Å². The fourth-order valence-corrected chi connectivity index (χ4v) is 4.68. The zero-order valence-electron chi connectivity index (χ0n) is 15.6. The number of aryl methyl sites for hydroxylation is 1. The molecule has 0 atom stereocenters. The maximum atomic E-state index is 13.6. The second-order valence-corrected chi connectivity index (χ2v) is 8.46. The van der Waals surface area contributed by atoms with Crippen LogP contribution in [-0.2, 0) is 16.4 Å². The third kappa shape index (κ3) is 3.71. The Bertz CT molecular complexity index is 1200. The number of pyridine rings is 1. The van der Waals surface area contributed by atoms with Gasteiger partial charge in [0.15, 0.2) is 0 Å². The van der Waals surface area contributed by atoms with E-state index in [1.54, 1.807) is 48.4 Å². The van der Waals surface area contributed by atoms with Crippen molar-refractivity contribution < 1.29 is 17.6 Å². The van der Waals surface area contributed by atoms with Crippen molar-refractivity contribution in [2.45, 2.75) is 18.2 Å². The SMILES string of the molecule is Cc1ccc(F)cc1S(=O)(=O)Nc1ccc2c(c1)N(C(=O)c1cccnc1)CC2. The summed E-state index contributed by atoms with van der Waals surface area (Å²) in [7, 11) is -3.98. The van der Waals surface area contributed by atoms with Gasteiger partial charge in [-0.05, 0) is 60.9 Å². The van der Waals surface area contributed by atoms with E-state index in [0.717, 1.165) is 11.6 Å². The number of sulfonamides is 1. The normalized spacial score (nSPS) is 13.2. The lowest BCUT2D eigenvalue weighted by Gasteiger charge is -2.18. The lowest BCUT2D eigenvalue weighted by atomic mass is 10.1. The molecule has 1 N–H and O–H groups in total. The first-order valence-corrected chi connectivity index (χ1v) is 10.5. The van der Waals surface area contributed by atoms with E-state index in [1.807, 2.05) is 0 Å². The maximum absolute atomic E-state index is 13.6. The van der Waals surface area contributed by atoms with Crippen LogP contribution in [0.4, 0.5) is 15.8 Å². The number of amides is 1. The van der Waals surface area contributed by atoms with Crippen LogP contribution in [-0.4, -0.2) is 25.9 Å². The molecule has 1 amide bonds. The molecule has 3 aromatic rings. The van der Waals surface area contributed by atoms with Gasteiger partial charge in [-0.15, -0.1) is 0 Å². The number of halogens is 1. The molecule has 0 saturated heterocycles. The number of fused-ring (bicyclic) bond motifs is 1. The van der Waals surface area contributed by atoms with E-state index < -0.39 is 15.8 Å². The third-order valence-corrected chi connectivity index (χ3v) is 6.35. The second kappa shape index (κ2) is 7.29. The molecule has 0 unspecified atom stereocenters. The van der Waals surface area contributed by atoms with Crippen molar-refractivity contribution in [2.24, 2.45) is 0 Å². The molecule has 0 spiro atoms. The van der Waals surface area contributed by atoms with E-state index in [1.165, 1.54) is 18.3 Å². The molecule has 0 fully saturated rings. The molecular formula is C21H18FN3O3S. The number of nitrogens with zero attached hydrogens (tertiary/aromatic N) is 2. The molecular weight excluding hydrogens is 393 g/mol. The summed E-state index contributed by atoms with van der Waals surface area (Å²) >= 11 is 0. The average molecular weight is 411 g/mol. The fraction of sp³-hybridized carbons (Fsp3) is 0.143. The number of carbonyl (C=O) groups is 1. The molecule has 6 nitrogen and oxygen atoms in total. The molecule has 0 bridgehead atoms. The quantitative estimate of drug-likeness (QED) is 0.712. The van der Waals surface area contributed by atoms with Gasteiger partial charge in [-0.3, -0.25) is 14.5 Å². The van der Waals surface area contributed by atoms with Crippen molar-refractivity contribution in [2.75, 3.05) is 16.2 Å². The number of carbonyl (C=O) groups excluding carboxylic acids is 1. The number of benzene rings is 2. The summed E-state index contributed by atoms with van der Waals surface area (Å²) in [4.78, 5) is 18.3.